The van der Waals surface area contributed by atoms with Gasteiger partial charge in [0.15, 0.2) is 0 Å². The number of aryl methyl sites for hydroxylation is 1. The second-order valence-electron chi connectivity index (χ2n) is 7.90. The highest BCUT2D eigenvalue weighted by Crippen LogP contribution is 2.30. The lowest BCUT2D eigenvalue weighted by Crippen LogP contribution is -2.19. The minimum absolute atomic E-state index is 0.174. The third kappa shape index (κ3) is 3.27. The van der Waals surface area contributed by atoms with E-state index in [-0.39, 0.29) is 5.69 Å². The number of ether oxygens (including phenoxy) is 1. The fourth-order valence-electron chi connectivity index (χ4n) is 3.49. The molecule has 0 bridgehead atoms. The SMILES string of the molecule is CO/C(C)=C/n1c(=O)n(C)c2cnc3ccc(-c4cncc(C(C)(C)O)c4)cc3c21. The van der Waals surface area contributed by atoms with Crippen molar-refractivity contribution in [3.63, 3.8) is 0 Å². The number of pyridine rings is 2. The molecular formula is C23H24N4O3. The fraction of sp³-hybridized carbons (Fsp3) is 0.261. The smallest absolute Gasteiger partial charge is 0.333 e. The molecule has 0 aliphatic carbocycles. The van der Waals surface area contributed by atoms with Crippen LogP contribution in [0.2, 0.25) is 0 Å². The van der Waals surface area contributed by atoms with Crippen molar-refractivity contribution < 1.29 is 9.84 Å². The average Bonchev–Trinajstić information content (AvgIpc) is 2.97. The molecule has 3 heterocycles. The number of aliphatic hydroxyl groups is 1. The molecule has 0 aliphatic rings. The summed E-state index contributed by atoms with van der Waals surface area (Å²) >= 11 is 0. The molecule has 0 spiro atoms. The lowest BCUT2D eigenvalue weighted by molar-refractivity contribution is 0.0783. The van der Waals surface area contributed by atoms with Crippen LogP contribution < -0.4 is 5.69 Å². The average molecular weight is 404 g/mol. The van der Waals surface area contributed by atoms with Crippen LogP contribution in [0, 0.1) is 0 Å². The minimum atomic E-state index is -0.989. The summed E-state index contributed by atoms with van der Waals surface area (Å²) in [6.07, 6.45) is 6.82. The lowest BCUT2D eigenvalue weighted by Gasteiger charge is -2.18. The number of nitrogens with zero attached hydrogens (tertiary/aromatic N) is 4. The number of imidazole rings is 1. The van der Waals surface area contributed by atoms with Gasteiger partial charge in [-0.3, -0.25) is 19.1 Å². The van der Waals surface area contributed by atoms with E-state index in [0.29, 0.717) is 5.76 Å². The van der Waals surface area contributed by atoms with E-state index in [2.05, 4.69) is 9.97 Å². The minimum Gasteiger partial charge on any atom is -0.500 e. The maximum atomic E-state index is 12.9. The summed E-state index contributed by atoms with van der Waals surface area (Å²) in [5.74, 6) is 0.618. The highest BCUT2D eigenvalue weighted by atomic mass is 16.5. The first kappa shape index (κ1) is 19.8. The maximum absolute atomic E-state index is 12.9. The highest BCUT2D eigenvalue weighted by Gasteiger charge is 2.18. The number of rotatable bonds is 4. The summed E-state index contributed by atoms with van der Waals surface area (Å²) in [5, 5.41) is 11.2. The number of fused-ring (bicyclic) bond motifs is 3. The van der Waals surface area contributed by atoms with Gasteiger partial charge in [0.05, 0.1) is 41.7 Å². The fourth-order valence-corrected chi connectivity index (χ4v) is 3.49. The molecule has 4 rings (SSSR count). The van der Waals surface area contributed by atoms with E-state index >= 15 is 0 Å². The first-order valence-corrected chi connectivity index (χ1v) is 9.61. The van der Waals surface area contributed by atoms with Crippen molar-refractivity contribution in [2.45, 2.75) is 26.4 Å². The zero-order valence-electron chi connectivity index (χ0n) is 17.7. The highest BCUT2D eigenvalue weighted by molar-refractivity contribution is 6.04. The predicted octanol–water partition coefficient (Wildman–Crippen LogP) is 3.64. The Bertz CT molecular complexity index is 1360. The van der Waals surface area contributed by atoms with Crippen molar-refractivity contribution in [3.05, 3.63) is 64.7 Å². The zero-order chi connectivity index (χ0) is 21.6. The molecule has 0 saturated carbocycles. The standard InChI is InChI=1S/C23H24N4O3/c1-14(30-5)13-27-21-18-9-15(16-8-17(11-24-10-16)23(2,3)29)6-7-19(18)25-12-20(21)26(4)22(27)28/h6-13,29H,1-5H3/b14-13+. The monoisotopic (exact) mass is 404 g/mol. The summed E-state index contributed by atoms with van der Waals surface area (Å²) in [4.78, 5) is 21.7. The van der Waals surface area contributed by atoms with E-state index in [0.717, 1.165) is 38.6 Å². The molecule has 0 saturated heterocycles. The molecule has 1 N–H and O–H groups in total. The molecule has 7 heteroatoms. The Morgan fingerprint density at radius 2 is 1.93 bits per heavy atom. The Hall–Kier alpha value is -3.45. The van der Waals surface area contributed by atoms with E-state index in [1.807, 2.05) is 24.3 Å². The predicted molar refractivity (Wildman–Crippen MR) is 118 cm³/mol. The summed E-state index contributed by atoms with van der Waals surface area (Å²) in [6, 6.07) is 7.82. The Kier molecular flexibility index (Phi) is 4.70. The molecule has 1 aromatic carbocycles. The quantitative estimate of drug-likeness (QED) is 0.525. The Labute approximate surface area is 173 Å². The van der Waals surface area contributed by atoms with Crippen molar-refractivity contribution in [2.75, 3.05) is 7.11 Å². The van der Waals surface area contributed by atoms with Crippen LogP contribution in [-0.4, -0.2) is 31.3 Å². The third-order valence-electron chi connectivity index (χ3n) is 5.33. The topological polar surface area (TPSA) is 82.2 Å². The van der Waals surface area contributed by atoms with Gasteiger partial charge in [0, 0.05) is 36.0 Å². The number of benzene rings is 1. The van der Waals surface area contributed by atoms with Crippen LogP contribution in [0.15, 0.2) is 53.4 Å². The number of hydrogen-bond acceptors (Lipinski definition) is 5. The molecule has 0 aliphatic heterocycles. The van der Waals surface area contributed by atoms with Crippen molar-refractivity contribution in [2.24, 2.45) is 7.05 Å². The van der Waals surface area contributed by atoms with Gasteiger partial charge in [0.2, 0.25) is 0 Å². The summed E-state index contributed by atoms with van der Waals surface area (Å²) < 4.78 is 8.43. The van der Waals surface area contributed by atoms with Crippen LogP contribution in [0.3, 0.4) is 0 Å². The van der Waals surface area contributed by atoms with Gasteiger partial charge in [-0.05, 0) is 44.5 Å². The second kappa shape index (κ2) is 7.11. The Balaban J connectivity index is 2.02. The first-order chi connectivity index (χ1) is 14.2. The van der Waals surface area contributed by atoms with E-state index in [1.165, 1.54) is 0 Å². The molecule has 0 fully saturated rings. The van der Waals surface area contributed by atoms with Crippen molar-refractivity contribution in [3.8, 4) is 11.1 Å². The van der Waals surface area contributed by atoms with Gasteiger partial charge in [-0.15, -0.1) is 0 Å². The number of hydrogen-bond donors (Lipinski definition) is 1. The molecule has 4 aromatic rings. The maximum Gasteiger partial charge on any atom is 0.333 e. The van der Waals surface area contributed by atoms with Gasteiger partial charge in [0.1, 0.15) is 5.76 Å². The van der Waals surface area contributed by atoms with Crippen LogP contribution in [0.4, 0.5) is 0 Å². The van der Waals surface area contributed by atoms with E-state index in [4.69, 9.17) is 4.74 Å². The normalized spacial score (nSPS) is 12.7. The van der Waals surface area contributed by atoms with Crippen LogP contribution in [0.25, 0.3) is 39.3 Å². The lowest BCUT2D eigenvalue weighted by atomic mass is 9.96. The van der Waals surface area contributed by atoms with E-state index in [9.17, 15) is 9.90 Å². The summed E-state index contributed by atoms with van der Waals surface area (Å²) in [6.45, 7) is 5.26. The number of allylic oxidation sites excluding steroid dienone is 1. The van der Waals surface area contributed by atoms with Crippen LogP contribution in [-0.2, 0) is 17.4 Å². The van der Waals surface area contributed by atoms with Crippen LogP contribution in [0.1, 0.15) is 26.3 Å². The third-order valence-corrected chi connectivity index (χ3v) is 5.33. The van der Waals surface area contributed by atoms with Gasteiger partial charge >= 0.3 is 5.69 Å². The molecule has 154 valence electrons. The first-order valence-electron chi connectivity index (χ1n) is 9.61. The van der Waals surface area contributed by atoms with E-state index in [1.54, 1.807) is 68.9 Å². The Morgan fingerprint density at radius 1 is 1.17 bits per heavy atom. The van der Waals surface area contributed by atoms with Crippen LogP contribution >= 0.6 is 0 Å². The van der Waals surface area contributed by atoms with Crippen LogP contribution in [0.5, 0.6) is 0 Å². The largest absolute Gasteiger partial charge is 0.500 e. The van der Waals surface area contributed by atoms with Gasteiger partial charge in [-0.25, -0.2) is 4.79 Å². The molecule has 0 amide bonds. The van der Waals surface area contributed by atoms with Gasteiger partial charge in [-0.1, -0.05) is 6.07 Å². The summed E-state index contributed by atoms with van der Waals surface area (Å²) in [7, 11) is 3.30. The molecule has 7 nitrogen and oxygen atoms in total. The number of aromatic nitrogens is 4. The van der Waals surface area contributed by atoms with Crippen molar-refractivity contribution in [1.82, 2.24) is 19.1 Å². The van der Waals surface area contributed by atoms with Gasteiger partial charge in [0.25, 0.3) is 0 Å². The molecule has 0 unspecified atom stereocenters. The van der Waals surface area contributed by atoms with Crippen molar-refractivity contribution in [1.29, 1.82) is 0 Å². The molecular weight excluding hydrogens is 380 g/mol. The molecule has 3 aromatic heterocycles. The zero-order valence-corrected chi connectivity index (χ0v) is 17.7. The summed E-state index contributed by atoms with van der Waals surface area (Å²) in [5.41, 5.74) is 3.63. The second-order valence-corrected chi connectivity index (χ2v) is 7.90. The van der Waals surface area contributed by atoms with E-state index < -0.39 is 5.60 Å². The van der Waals surface area contributed by atoms with Gasteiger partial charge < -0.3 is 9.84 Å². The molecule has 0 atom stereocenters. The van der Waals surface area contributed by atoms with Gasteiger partial charge in [-0.2, -0.15) is 0 Å². The number of methoxy groups -OCH3 is 1. The van der Waals surface area contributed by atoms with Crippen molar-refractivity contribution >= 4 is 28.1 Å². The molecule has 30 heavy (non-hydrogen) atoms. The Morgan fingerprint density at radius 3 is 2.63 bits per heavy atom. The molecule has 0 radical (unpaired) electrons.